The lowest BCUT2D eigenvalue weighted by Crippen LogP contribution is -2.23. The van der Waals surface area contributed by atoms with E-state index in [4.69, 9.17) is 5.73 Å². The van der Waals surface area contributed by atoms with Crippen LogP contribution in [-0.4, -0.2) is 25.0 Å². The molecule has 2 heteroatoms. The van der Waals surface area contributed by atoms with Crippen LogP contribution in [0.2, 0.25) is 0 Å². The monoisotopic (exact) mass is 220 g/mol. The number of rotatable bonds is 5. The quantitative estimate of drug-likeness (QED) is 0.826. The van der Waals surface area contributed by atoms with Crippen LogP contribution in [0, 0.1) is 6.92 Å². The molecule has 1 aromatic rings. The second kappa shape index (κ2) is 6.02. The van der Waals surface area contributed by atoms with Crippen molar-refractivity contribution in [3.05, 3.63) is 35.4 Å². The van der Waals surface area contributed by atoms with Crippen molar-refractivity contribution in [1.82, 2.24) is 4.90 Å². The molecule has 0 heterocycles. The maximum atomic E-state index is 5.83. The molecule has 90 valence electrons. The predicted octanol–water partition coefficient (Wildman–Crippen LogP) is 2.73. The van der Waals surface area contributed by atoms with Crippen molar-refractivity contribution >= 4 is 0 Å². The Morgan fingerprint density at radius 2 is 1.94 bits per heavy atom. The van der Waals surface area contributed by atoms with E-state index in [1.165, 1.54) is 11.1 Å². The van der Waals surface area contributed by atoms with E-state index >= 15 is 0 Å². The van der Waals surface area contributed by atoms with Gasteiger partial charge in [-0.25, -0.2) is 0 Å². The lowest BCUT2D eigenvalue weighted by atomic mass is 9.98. The highest BCUT2D eigenvalue weighted by Gasteiger charge is 2.14. The Labute approximate surface area is 99.5 Å². The zero-order chi connectivity index (χ0) is 12.1. The summed E-state index contributed by atoms with van der Waals surface area (Å²) in [7, 11) is 4.27. The van der Waals surface area contributed by atoms with E-state index in [0.29, 0.717) is 6.04 Å². The fraction of sp³-hybridized carbons (Fsp3) is 0.571. The first-order chi connectivity index (χ1) is 7.50. The van der Waals surface area contributed by atoms with Gasteiger partial charge in [-0.2, -0.15) is 0 Å². The molecule has 16 heavy (non-hydrogen) atoms. The van der Waals surface area contributed by atoms with Gasteiger partial charge in [-0.05, 0) is 46.3 Å². The molecule has 0 radical (unpaired) electrons. The van der Waals surface area contributed by atoms with E-state index in [0.717, 1.165) is 12.8 Å². The van der Waals surface area contributed by atoms with Gasteiger partial charge >= 0.3 is 0 Å². The standard InChI is InChI=1S/C14H24N2/c1-11-6-5-7-13(10-11)14(16(3)4)9-8-12(2)15/h5-7,10,12,14H,8-9,15H2,1-4H3. The van der Waals surface area contributed by atoms with Crippen LogP contribution in [0.5, 0.6) is 0 Å². The molecule has 2 nitrogen and oxygen atoms in total. The fourth-order valence-electron chi connectivity index (χ4n) is 2.02. The predicted molar refractivity (Wildman–Crippen MR) is 70.5 cm³/mol. The van der Waals surface area contributed by atoms with Gasteiger partial charge in [0.1, 0.15) is 0 Å². The van der Waals surface area contributed by atoms with E-state index in [2.05, 4.69) is 57.1 Å². The van der Waals surface area contributed by atoms with Gasteiger partial charge in [0.15, 0.2) is 0 Å². The maximum Gasteiger partial charge on any atom is 0.0342 e. The first kappa shape index (κ1) is 13.2. The third kappa shape index (κ3) is 3.95. The van der Waals surface area contributed by atoms with Gasteiger partial charge in [0.2, 0.25) is 0 Å². The van der Waals surface area contributed by atoms with Crippen LogP contribution >= 0.6 is 0 Å². The number of nitrogens with two attached hydrogens (primary N) is 1. The molecular formula is C14H24N2. The van der Waals surface area contributed by atoms with E-state index in [-0.39, 0.29) is 6.04 Å². The summed E-state index contributed by atoms with van der Waals surface area (Å²) >= 11 is 0. The third-order valence-electron chi connectivity index (χ3n) is 2.95. The molecular weight excluding hydrogens is 196 g/mol. The summed E-state index contributed by atoms with van der Waals surface area (Å²) in [6, 6.07) is 9.51. The molecule has 0 bridgehead atoms. The summed E-state index contributed by atoms with van der Waals surface area (Å²) in [6.07, 6.45) is 2.19. The highest BCUT2D eigenvalue weighted by molar-refractivity contribution is 5.25. The van der Waals surface area contributed by atoms with Crippen LogP contribution in [-0.2, 0) is 0 Å². The summed E-state index contributed by atoms with van der Waals surface area (Å²) in [6.45, 7) is 4.21. The van der Waals surface area contributed by atoms with Crippen molar-refractivity contribution in [3.8, 4) is 0 Å². The Bertz CT molecular complexity index is 318. The SMILES string of the molecule is Cc1cccc(C(CCC(C)N)N(C)C)c1. The van der Waals surface area contributed by atoms with Gasteiger partial charge in [0.05, 0.1) is 0 Å². The van der Waals surface area contributed by atoms with E-state index in [1.807, 2.05) is 0 Å². The molecule has 0 amide bonds. The largest absolute Gasteiger partial charge is 0.328 e. The minimum atomic E-state index is 0.284. The van der Waals surface area contributed by atoms with Crippen LogP contribution in [0.1, 0.15) is 36.9 Å². The Kier molecular flexibility index (Phi) is 4.97. The summed E-state index contributed by atoms with van der Waals surface area (Å²) in [5.41, 5.74) is 8.55. The summed E-state index contributed by atoms with van der Waals surface area (Å²) < 4.78 is 0. The molecule has 0 aliphatic carbocycles. The van der Waals surface area contributed by atoms with Gasteiger partial charge in [-0.1, -0.05) is 29.8 Å². The topological polar surface area (TPSA) is 29.3 Å². The van der Waals surface area contributed by atoms with Crippen LogP contribution in [0.15, 0.2) is 24.3 Å². The van der Waals surface area contributed by atoms with Crippen molar-refractivity contribution < 1.29 is 0 Å². The lowest BCUT2D eigenvalue weighted by Gasteiger charge is -2.25. The molecule has 2 N–H and O–H groups in total. The summed E-state index contributed by atoms with van der Waals surface area (Å²) in [4.78, 5) is 2.27. The van der Waals surface area contributed by atoms with Crippen molar-refractivity contribution in [1.29, 1.82) is 0 Å². The molecule has 1 aromatic carbocycles. The van der Waals surface area contributed by atoms with Crippen molar-refractivity contribution in [3.63, 3.8) is 0 Å². The van der Waals surface area contributed by atoms with Gasteiger partial charge < -0.3 is 10.6 Å². The Morgan fingerprint density at radius 1 is 1.25 bits per heavy atom. The van der Waals surface area contributed by atoms with E-state index in [1.54, 1.807) is 0 Å². The minimum Gasteiger partial charge on any atom is -0.328 e. The Balaban J connectivity index is 2.77. The lowest BCUT2D eigenvalue weighted by molar-refractivity contribution is 0.275. The summed E-state index contributed by atoms with van der Waals surface area (Å²) in [5, 5.41) is 0. The van der Waals surface area contributed by atoms with Gasteiger partial charge in [-0.3, -0.25) is 0 Å². The highest BCUT2D eigenvalue weighted by Crippen LogP contribution is 2.24. The van der Waals surface area contributed by atoms with Gasteiger partial charge in [-0.15, -0.1) is 0 Å². The first-order valence-corrected chi connectivity index (χ1v) is 5.99. The number of benzene rings is 1. The normalized spacial score (nSPS) is 15.1. The second-order valence-electron chi connectivity index (χ2n) is 4.95. The molecule has 0 saturated carbocycles. The van der Waals surface area contributed by atoms with E-state index < -0.39 is 0 Å². The molecule has 0 spiro atoms. The number of hydrogen-bond donors (Lipinski definition) is 1. The third-order valence-corrected chi connectivity index (χ3v) is 2.95. The average Bonchev–Trinajstić information content (AvgIpc) is 2.17. The maximum absolute atomic E-state index is 5.83. The molecule has 2 atom stereocenters. The van der Waals surface area contributed by atoms with Crippen molar-refractivity contribution in [2.24, 2.45) is 5.73 Å². The van der Waals surface area contributed by atoms with Crippen molar-refractivity contribution in [2.75, 3.05) is 14.1 Å². The number of nitrogens with zero attached hydrogens (tertiary/aromatic N) is 1. The van der Waals surface area contributed by atoms with Gasteiger partial charge in [0, 0.05) is 12.1 Å². The highest BCUT2D eigenvalue weighted by atomic mass is 15.1. The first-order valence-electron chi connectivity index (χ1n) is 5.99. The fourth-order valence-corrected chi connectivity index (χ4v) is 2.02. The number of hydrogen-bond acceptors (Lipinski definition) is 2. The zero-order valence-corrected chi connectivity index (χ0v) is 10.9. The Morgan fingerprint density at radius 3 is 2.44 bits per heavy atom. The van der Waals surface area contributed by atoms with Crippen LogP contribution in [0.3, 0.4) is 0 Å². The molecule has 2 unspecified atom stereocenters. The molecule has 0 aliphatic rings. The zero-order valence-electron chi connectivity index (χ0n) is 10.9. The molecule has 0 aromatic heterocycles. The number of aryl methyl sites for hydroxylation is 1. The van der Waals surface area contributed by atoms with Crippen molar-refractivity contribution in [2.45, 2.75) is 38.8 Å². The molecule has 1 rings (SSSR count). The molecule has 0 aliphatic heterocycles. The van der Waals surface area contributed by atoms with E-state index in [9.17, 15) is 0 Å². The van der Waals surface area contributed by atoms with Crippen LogP contribution in [0.4, 0.5) is 0 Å². The second-order valence-corrected chi connectivity index (χ2v) is 4.95. The van der Waals surface area contributed by atoms with Crippen LogP contribution in [0.25, 0.3) is 0 Å². The minimum absolute atomic E-state index is 0.284. The van der Waals surface area contributed by atoms with Gasteiger partial charge in [0.25, 0.3) is 0 Å². The smallest absolute Gasteiger partial charge is 0.0342 e. The molecule has 0 fully saturated rings. The summed E-state index contributed by atoms with van der Waals surface area (Å²) in [5.74, 6) is 0. The Hall–Kier alpha value is -0.860. The van der Waals surface area contributed by atoms with Crippen LogP contribution < -0.4 is 5.73 Å². The molecule has 0 saturated heterocycles. The average molecular weight is 220 g/mol.